The van der Waals surface area contributed by atoms with Crippen molar-refractivity contribution in [2.24, 2.45) is 0 Å². The highest BCUT2D eigenvalue weighted by atomic mass is 16.1. The first-order valence-electron chi connectivity index (χ1n) is 6.02. The number of aromatic amines is 1. The fourth-order valence-electron chi connectivity index (χ4n) is 1.94. The molecular formula is C15H17NO. The minimum atomic E-state index is 0.115. The van der Waals surface area contributed by atoms with E-state index in [9.17, 15) is 4.79 Å². The van der Waals surface area contributed by atoms with Gasteiger partial charge in [-0.05, 0) is 25.5 Å². The quantitative estimate of drug-likeness (QED) is 0.853. The van der Waals surface area contributed by atoms with Gasteiger partial charge in [0, 0.05) is 22.2 Å². The molecule has 0 bridgehead atoms. The van der Waals surface area contributed by atoms with Gasteiger partial charge in [0.05, 0.1) is 0 Å². The Labute approximate surface area is 101 Å². The molecular weight excluding hydrogens is 210 g/mol. The molecule has 0 aliphatic heterocycles. The molecule has 2 rings (SSSR count). The van der Waals surface area contributed by atoms with E-state index in [0.29, 0.717) is 0 Å². The van der Waals surface area contributed by atoms with Gasteiger partial charge in [0.2, 0.25) is 0 Å². The molecule has 1 N–H and O–H groups in total. The number of hydrogen-bond acceptors (Lipinski definition) is 1. The number of benzene rings is 1. The molecule has 1 aromatic heterocycles. The first kappa shape index (κ1) is 11.6. The van der Waals surface area contributed by atoms with Crippen LogP contribution in [0, 0.1) is 6.92 Å². The Morgan fingerprint density at radius 2 is 2.06 bits per heavy atom. The van der Waals surface area contributed by atoms with Crippen molar-refractivity contribution in [2.75, 3.05) is 0 Å². The molecule has 0 radical (unpaired) electrons. The van der Waals surface area contributed by atoms with Crippen molar-refractivity contribution in [3.63, 3.8) is 0 Å². The zero-order chi connectivity index (χ0) is 12.3. The van der Waals surface area contributed by atoms with E-state index < -0.39 is 0 Å². The Hall–Kier alpha value is -1.83. The van der Waals surface area contributed by atoms with Gasteiger partial charge in [-0.15, -0.1) is 0 Å². The van der Waals surface area contributed by atoms with E-state index in [1.807, 2.05) is 37.3 Å². The largest absolute Gasteiger partial charge is 0.358 e. The smallest absolute Gasteiger partial charge is 0.196 e. The van der Waals surface area contributed by atoms with Crippen LogP contribution < -0.4 is 5.43 Å². The third-order valence-electron chi connectivity index (χ3n) is 2.88. The van der Waals surface area contributed by atoms with Gasteiger partial charge >= 0.3 is 0 Å². The third kappa shape index (κ3) is 2.31. The van der Waals surface area contributed by atoms with Gasteiger partial charge in [0.1, 0.15) is 0 Å². The van der Waals surface area contributed by atoms with Crippen molar-refractivity contribution in [2.45, 2.75) is 26.7 Å². The van der Waals surface area contributed by atoms with Gasteiger partial charge in [0.15, 0.2) is 5.43 Å². The molecule has 2 nitrogen and oxygen atoms in total. The van der Waals surface area contributed by atoms with E-state index in [1.165, 1.54) is 0 Å². The molecule has 0 amide bonds. The topological polar surface area (TPSA) is 32.9 Å². The number of allylic oxidation sites excluding steroid dienone is 1. The van der Waals surface area contributed by atoms with Crippen LogP contribution in [-0.2, 0) is 0 Å². The molecule has 0 aliphatic rings. The Morgan fingerprint density at radius 3 is 2.82 bits per heavy atom. The number of aryl methyl sites for hydroxylation is 1. The summed E-state index contributed by atoms with van der Waals surface area (Å²) in [6, 6.07) is 7.63. The summed E-state index contributed by atoms with van der Waals surface area (Å²) in [5, 5.41) is 0.759. The number of para-hydroxylation sites is 1. The molecule has 0 spiro atoms. The Morgan fingerprint density at radius 1 is 1.29 bits per heavy atom. The summed E-state index contributed by atoms with van der Waals surface area (Å²) in [5.41, 5.74) is 2.73. The van der Waals surface area contributed by atoms with Crippen LogP contribution >= 0.6 is 0 Å². The Kier molecular flexibility index (Phi) is 3.43. The number of rotatable bonds is 3. The van der Waals surface area contributed by atoms with Crippen LogP contribution in [0.25, 0.3) is 17.0 Å². The molecule has 2 aromatic rings. The van der Waals surface area contributed by atoms with E-state index in [4.69, 9.17) is 0 Å². The van der Waals surface area contributed by atoms with Gasteiger partial charge < -0.3 is 4.98 Å². The molecule has 88 valence electrons. The normalized spacial score (nSPS) is 11.4. The number of unbranched alkanes of at least 4 members (excludes halogenated alkanes) is 1. The lowest BCUT2D eigenvalue weighted by molar-refractivity contribution is 0.962. The van der Waals surface area contributed by atoms with Gasteiger partial charge in [-0.25, -0.2) is 0 Å². The minimum Gasteiger partial charge on any atom is -0.358 e. The third-order valence-corrected chi connectivity index (χ3v) is 2.88. The van der Waals surface area contributed by atoms with E-state index in [0.717, 1.165) is 35.0 Å². The number of aromatic nitrogens is 1. The summed E-state index contributed by atoms with van der Waals surface area (Å²) in [6.07, 6.45) is 6.10. The summed E-state index contributed by atoms with van der Waals surface area (Å²) in [5.74, 6) is 0. The molecule has 0 fully saturated rings. The van der Waals surface area contributed by atoms with Crippen molar-refractivity contribution < 1.29 is 0 Å². The van der Waals surface area contributed by atoms with Crippen molar-refractivity contribution >= 4 is 17.0 Å². The van der Waals surface area contributed by atoms with Crippen molar-refractivity contribution in [3.8, 4) is 0 Å². The van der Waals surface area contributed by atoms with Gasteiger partial charge in [-0.2, -0.15) is 0 Å². The number of nitrogens with one attached hydrogen (secondary N) is 1. The lowest BCUT2D eigenvalue weighted by Gasteiger charge is -2.04. The second kappa shape index (κ2) is 5.00. The first-order chi connectivity index (χ1) is 8.24. The van der Waals surface area contributed by atoms with Crippen molar-refractivity contribution in [1.29, 1.82) is 0 Å². The van der Waals surface area contributed by atoms with Crippen LogP contribution in [0.1, 0.15) is 31.0 Å². The maximum absolute atomic E-state index is 12.3. The number of hydrogen-bond donors (Lipinski definition) is 1. The Bertz CT molecular complexity index is 608. The zero-order valence-corrected chi connectivity index (χ0v) is 10.3. The first-order valence-corrected chi connectivity index (χ1v) is 6.02. The number of pyridine rings is 1. The van der Waals surface area contributed by atoms with Crippen LogP contribution in [-0.4, -0.2) is 4.98 Å². The van der Waals surface area contributed by atoms with Crippen molar-refractivity contribution in [1.82, 2.24) is 4.98 Å². The van der Waals surface area contributed by atoms with Gasteiger partial charge in [-0.1, -0.05) is 37.6 Å². The molecule has 0 saturated carbocycles. The van der Waals surface area contributed by atoms with Crippen molar-refractivity contribution in [3.05, 3.63) is 51.8 Å². The van der Waals surface area contributed by atoms with E-state index in [1.54, 1.807) is 0 Å². The SMILES string of the molecule is CCC/C=C/c1c(C)[nH]c2ccccc2c1=O. The minimum absolute atomic E-state index is 0.115. The fourth-order valence-corrected chi connectivity index (χ4v) is 1.94. The van der Waals surface area contributed by atoms with E-state index in [-0.39, 0.29) is 5.43 Å². The molecule has 17 heavy (non-hydrogen) atoms. The number of H-pyrrole nitrogens is 1. The summed E-state index contributed by atoms with van der Waals surface area (Å²) < 4.78 is 0. The lowest BCUT2D eigenvalue weighted by atomic mass is 10.1. The number of fused-ring (bicyclic) bond motifs is 1. The molecule has 0 unspecified atom stereocenters. The fraction of sp³-hybridized carbons (Fsp3) is 0.267. The molecule has 2 heteroatoms. The van der Waals surface area contributed by atoms with Gasteiger partial charge in [-0.3, -0.25) is 4.79 Å². The summed E-state index contributed by atoms with van der Waals surface area (Å²) in [6.45, 7) is 4.07. The second-order valence-electron chi connectivity index (χ2n) is 4.23. The maximum atomic E-state index is 12.3. The van der Waals surface area contributed by atoms with Crippen LogP contribution in [0.5, 0.6) is 0 Å². The maximum Gasteiger partial charge on any atom is 0.196 e. The average molecular weight is 227 g/mol. The predicted octanol–water partition coefficient (Wildman–Crippen LogP) is 3.65. The van der Waals surface area contributed by atoms with Crippen LogP contribution in [0.4, 0.5) is 0 Å². The van der Waals surface area contributed by atoms with Crippen LogP contribution in [0.3, 0.4) is 0 Å². The zero-order valence-electron chi connectivity index (χ0n) is 10.3. The molecule has 0 saturated heterocycles. The second-order valence-corrected chi connectivity index (χ2v) is 4.23. The summed E-state index contributed by atoms with van der Waals surface area (Å²) in [4.78, 5) is 15.5. The summed E-state index contributed by atoms with van der Waals surface area (Å²) in [7, 11) is 0. The molecule has 1 heterocycles. The highest BCUT2D eigenvalue weighted by molar-refractivity contribution is 5.81. The molecule has 0 atom stereocenters. The van der Waals surface area contributed by atoms with Crippen LogP contribution in [0.15, 0.2) is 35.1 Å². The molecule has 1 aromatic carbocycles. The molecule has 0 aliphatic carbocycles. The highest BCUT2D eigenvalue weighted by Gasteiger charge is 2.05. The highest BCUT2D eigenvalue weighted by Crippen LogP contribution is 2.12. The predicted molar refractivity (Wildman–Crippen MR) is 73.2 cm³/mol. The van der Waals surface area contributed by atoms with Gasteiger partial charge in [0.25, 0.3) is 0 Å². The Balaban J connectivity index is 2.60. The van der Waals surface area contributed by atoms with E-state index in [2.05, 4.69) is 18.0 Å². The van der Waals surface area contributed by atoms with E-state index >= 15 is 0 Å². The average Bonchev–Trinajstić information content (AvgIpc) is 2.33. The summed E-state index contributed by atoms with van der Waals surface area (Å²) >= 11 is 0. The van der Waals surface area contributed by atoms with Crippen LogP contribution in [0.2, 0.25) is 0 Å². The standard InChI is InChI=1S/C15H17NO/c1-3-4-5-8-12-11(2)16-14-10-7-6-9-13(14)15(12)17/h5-10H,3-4H2,1-2H3,(H,16,17)/b8-5+. The lowest BCUT2D eigenvalue weighted by Crippen LogP contribution is -2.09. The monoisotopic (exact) mass is 227 g/mol.